The first kappa shape index (κ1) is 20.8. The van der Waals surface area contributed by atoms with Gasteiger partial charge in [-0.05, 0) is 59.4 Å². The fraction of sp³-hybridized carbons (Fsp3) is 0. The van der Waals surface area contributed by atoms with Gasteiger partial charge in [0.05, 0.1) is 0 Å². The van der Waals surface area contributed by atoms with Gasteiger partial charge in [-0.2, -0.15) is 0 Å². The summed E-state index contributed by atoms with van der Waals surface area (Å²) in [4.78, 5) is 22.2. The summed E-state index contributed by atoms with van der Waals surface area (Å²) in [5.41, 5.74) is 6.79. The normalized spacial score (nSPS) is 11.7. The maximum atomic E-state index is 11.1. The molecule has 3 rings (SSSR count). The highest BCUT2D eigenvalue weighted by atomic mass is 16.1. The van der Waals surface area contributed by atoms with Crippen LogP contribution in [0.3, 0.4) is 0 Å². The molecule has 3 aromatic rings. The van der Waals surface area contributed by atoms with Crippen LogP contribution >= 0.6 is 0 Å². The van der Waals surface area contributed by atoms with E-state index in [1.54, 1.807) is 0 Å². The molecule has 2 amide bonds. The van der Waals surface area contributed by atoms with Crippen LogP contribution in [0.5, 0.6) is 0 Å². The van der Waals surface area contributed by atoms with E-state index in [2.05, 4.69) is 24.5 Å². The van der Waals surface area contributed by atoms with Gasteiger partial charge in [-0.3, -0.25) is 9.59 Å². The Morgan fingerprint density at radius 3 is 1.20 bits per heavy atom. The highest BCUT2D eigenvalue weighted by Gasteiger charge is 2.05. The molecule has 0 aliphatic heterocycles. The van der Waals surface area contributed by atoms with E-state index in [1.165, 1.54) is 0 Å². The van der Waals surface area contributed by atoms with Crippen molar-refractivity contribution in [2.24, 2.45) is 0 Å². The zero-order chi connectivity index (χ0) is 21.3. The van der Waals surface area contributed by atoms with E-state index in [1.807, 2.05) is 84.9 Å². The molecule has 0 fully saturated rings. The first-order valence-corrected chi connectivity index (χ1v) is 9.37. The average molecular weight is 394 g/mol. The minimum atomic E-state index is 0.654. The zero-order valence-electron chi connectivity index (χ0n) is 16.5. The van der Waals surface area contributed by atoms with Gasteiger partial charge >= 0.3 is 0 Å². The van der Waals surface area contributed by atoms with E-state index in [0.717, 1.165) is 33.4 Å². The molecule has 0 saturated carbocycles. The number of carbonyl (C=O) groups excluding carboxylic acids is 2. The highest BCUT2D eigenvalue weighted by Crippen LogP contribution is 2.21. The predicted octanol–water partition coefficient (Wildman–Crippen LogP) is 4.54. The summed E-state index contributed by atoms with van der Waals surface area (Å²) in [5.74, 6) is 0. The van der Waals surface area contributed by atoms with Gasteiger partial charge in [0.1, 0.15) is 0 Å². The highest BCUT2D eigenvalue weighted by molar-refractivity contribution is 5.88. The van der Waals surface area contributed by atoms with Gasteiger partial charge in [0, 0.05) is 11.4 Å². The van der Waals surface area contributed by atoms with Crippen LogP contribution in [0.1, 0.15) is 33.4 Å². The van der Waals surface area contributed by atoms with E-state index in [9.17, 15) is 9.59 Å². The molecule has 0 unspecified atom stereocenters. The Morgan fingerprint density at radius 2 is 0.900 bits per heavy atom. The van der Waals surface area contributed by atoms with Crippen molar-refractivity contribution in [3.8, 4) is 0 Å². The summed E-state index contributed by atoms with van der Waals surface area (Å²) in [7, 11) is 0. The Kier molecular flexibility index (Phi) is 6.95. The van der Waals surface area contributed by atoms with E-state index < -0.39 is 0 Å². The molecule has 0 atom stereocenters. The molecule has 30 heavy (non-hydrogen) atoms. The lowest BCUT2D eigenvalue weighted by Crippen LogP contribution is -2.10. The van der Waals surface area contributed by atoms with E-state index in [0.29, 0.717) is 24.2 Å². The van der Waals surface area contributed by atoms with E-state index in [-0.39, 0.29) is 0 Å². The van der Waals surface area contributed by atoms with Crippen molar-refractivity contribution in [2.45, 2.75) is 0 Å². The first-order chi connectivity index (χ1) is 14.6. The van der Waals surface area contributed by atoms with Gasteiger partial charge in [-0.15, -0.1) is 0 Å². The van der Waals surface area contributed by atoms with Gasteiger partial charge in [0.15, 0.2) is 0 Å². The molecule has 2 N–H and O–H groups in total. The van der Waals surface area contributed by atoms with Crippen molar-refractivity contribution in [1.82, 2.24) is 10.6 Å². The number of amides is 2. The molecular weight excluding hydrogens is 372 g/mol. The number of hydrogen-bond donors (Lipinski definition) is 2. The monoisotopic (exact) mass is 394 g/mol. The van der Waals surface area contributed by atoms with E-state index in [4.69, 9.17) is 0 Å². The standard InChI is InChI=1S/C26H22N2O2/c1-19-3-7-21(8-4-19)15-25(27-17-29)23-11-13-24(14-12-23)26(28-18-30)16-22-9-5-20(2)6-10-22/h3-18H,1-2H2,(H,27,29)(H,28,30). The predicted molar refractivity (Wildman–Crippen MR) is 122 cm³/mol. The maximum Gasteiger partial charge on any atom is 0.211 e. The lowest BCUT2D eigenvalue weighted by molar-refractivity contribution is -0.109. The van der Waals surface area contributed by atoms with Crippen molar-refractivity contribution >= 4 is 36.4 Å². The lowest BCUT2D eigenvalue weighted by atomic mass is 10.0. The number of rotatable bonds is 8. The summed E-state index contributed by atoms with van der Waals surface area (Å²) >= 11 is 0. The fourth-order valence-electron chi connectivity index (χ4n) is 2.93. The fourth-order valence-corrected chi connectivity index (χ4v) is 2.93. The van der Waals surface area contributed by atoms with Gasteiger partial charge in [-0.1, -0.05) is 72.8 Å². The minimum Gasteiger partial charge on any atom is -0.328 e. The Morgan fingerprint density at radius 1 is 0.567 bits per heavy atom. The topological polar surface area (TPSA) is 58.2 Å². The summed E-state index contributed by atoms with van der Waals surface area (Å²) < 4.78 is 0. The molecule has 0 aliphatic rings. The molecule has 2 radical (unpaired) electrons. The number of benzene rings is 3. The number of hydrogen-bond acceptors (Lipinski definition) is 2. The Balaban J connectivity index is 1.91. The van der Waals surface area contributed by atoms with Crippen molar-refractivity contribution < 1.29 is 9.59 Å². The molecule has 0 aromatic heterocycles. The number of nitrogens with one attached hydrogen (secondary N) is 2. The van der Waals surface area contributed by atoms with Crippen molar-refractivity contribution in [2.75, 3.05) is 0 Å². The summed E-state index contributed by atoms with van der Waals surface area (Å²) in [6.45, 7) is 7.76. The van der Waals surface area contributed by atoms with Crippen molar-refractivity contribution in [3.63, 3.8) is 0 Å². The Hall–Kier alpha value is -3.92. The summed E-state index contributed by atoms with van der Waals surface area (Å²) in [5, 5.41) is 5.51. The first-order valence-electron chi connectivity index (χ1n) is 9.37. The van der Waals surface area contributed by atoms with Gasteiger partial charge in [0.2, 0.25) is 12.8 Å². The third-order valence-electron chi connectivity index (χ3n) is 4.52. The SMILES string of the molecule is [CH2]c1ccc(C=C(NC=O)c2ccc(C(=Cc3ccc([CH2])cc3)NC=O)cc2)cc1. The quantitative estimate of drug-likeness (QED) is 0.435. The second-order valence-corrected chi connectivity index (χ2v) is 6.70. The van der Waals surface area contributed by atoms with Crippen LogP contribution in [0.2, 0.25) is 0 Å². The van der Waals surface area contributed by atoms with E-state index >= 15 is 0 Å². The van der Waals surface area contributed by atoms with Gasteiger partial charge in [0.25, 0.3) is 0 Å². The third kappa shape index (κ3) is 5.55. The van der Waals surface area contributed by atoms with Crippen LogP contribution in [-0.4, -0.2) is 12.8 Å². The maximum absolute atomic E-state index is 11.1. The molecular formula is C26H22N2O2. The molecule has 148 valence electrons. The van der Waals surface area contributed by atoms with Crippen LogP contribution in [0.4, 0.5) is 0 Å². The summed E-state index contributed by atoms with van der Waals surface area (Å²) in [6, 6.07) is 23.0. The molecule has 0 saturated heterocycles. The van der Waals surface area contributed by atoms with Crippen molar-refractivity contribution in [1.29, 1.82) is 0 Å². The molecule has 3 aromatic carbocycles. The molecule has 0 spiro atoms. The Labute approximate surface area is 177 Å². The molecule has 4 heteroatoms. The van der Waals surface area contributed by atoms with Crippen LogP contribution in [0.15, 0.2) is 72.8 Å². The van der Waals surface area contributed by atoms with Crippen molar-refractivity contribution in [3.05, 3.63) is 120 Å². The van der Waals surface area contributed by atoms with Crippen LogP contribution in [-0.2, 0) is 9.59 Å². The molecule has 0 heterocycles. The van der Waals surface area contributed by atoms with Crippen LogP contribution < -0.4 is 10.6 Å². The second kappa shape index (κ2) is 10.0. The van der Waals surface area contributed by atoms with Gasteiger partial charge < -0.3 is 10.6 Å². The third-order valence-corrected chi connectivity index (χ3v) is 4.52. The largest absolute Gasteiger partial charge is 0.328 e. The molecule has 0 bridgehead atoms. The smallest absolute Gasteiger partial charge is 0.211 e. The zero-order valence-corrected chi connectivity index (χ0v) is 16.5. The van der Waals surface area contributed by atoms with Crippen LogP contribution in [0, 0.1) is 13.8 Å². The minimum absolute atomic E-state index is 0.654. The van der Waals surface area contributed by atoms with Crippen LogP contribution in [0.25, 0.3) is 23.5 Å². The average Bonchev–Trinajstić information content (AvgIpc) is 2.76. The number of carbonyl (C=O) groups is 2. The Bertz CT molecular complexity index is 973. The second-order valence-electron chi connectivity index (χ2n) is 6.70. The molecule has 0 aliphatic carbocycles. The summed E-state index contributed by atoms with van der Waals surface area (Å²) in [6.07, 6.45) is 5.09. The molecule has 4 nitrogen and oxygen atoms in total. The lowest BCUT2D eigenvalue weighted by Gasteiger charge is -2.10. The van der Waals surface area contributed by atoms with Gasteiger partial charge in [-0.25, -0.2) is 0 Å².